The standard InChI is InChI=1S/C23H32FN/c1-6-8-12-21(19-13-15-20(24)16-14-19)25-22(7-2)23(4,5)17(3)18-10-9-11-18/h7,13-16H,6,8-12H2,1-5H3/b22-7-,25-21?. The summed E-state index contributed by atoms with van der Waals surface area (Å²) in [7, 11) is 0. The molecular weight excluding hydrogens is 309 g/mol. The molecule has 1 aromatic rings. The average Bonchev–Trinajstić information content (AvgIpc) is 2.54. The van der Waals surface area contributed by atoms with E-state index < -0.39 is 0 Å². The quantitative estimate of drug-likeness (QED) is 0.366. The van der Waals surface area contributed by atoms with E-state index in [1.54, 1.807) is 5.57 Å². The first-order chi connectivity index (χ1) is 11.9. The van der Waals surface area contributed by atoms with Gasteiger partial charge in [-0.05, 0) is 63.6 Å². The lowest BCUT2D eigenvalue weighted by Crippen LogP contribution is -2.20. The minimum Gasteiger partial charge on any atom is -0.257 e. The third-order valence-electron chi connectivity index (χ3n) is 5.54. The van der Waals surface area contributed by atoms with Gasteiger partial charge in [0, 0.05) is 16.8 Å². The summed E-state index contributed by atoms with van der Waals surface area (Å²) < 4.78 is 13.3. The Bertz CT molecular complexity index is 669. The van der Waals surface area contributed by atoms with E-state index in [0.29, 0.717) is 0 Å². The number of benzene rings is 1. The summed E-state index contributed by atoms with van der Waals surface area (Å²) >= 11 is 0. The molecule has 0 atom stereocenters. The molecule has 1 fully saturated rings. The molecule has 1 aliphatic carbocycles. The van der Waals surface area contributed by atoms with Crippen LogP contribution in [0.5, 0.6) is 0 Å². The molecule has 2 heteroatoms. The molecule has 25 heavy (non-hydrogen) atoms. The molecule has 0 amide bonds. The van der Waals surface area contributed by atoms with Crippen molar-refractivity contribution in [1.29, 1.82) is 0 Å². The molecule has 0 saturated heterocycles. The SMILES string of the molecule is C/C=C(\N=C(CCCC)c1ccc(F)cc1)C(C)(C)C(C)=C1CCC1. The zero-order chi connectivity index (χ0) is 18.4. The molecule has 0 heterocycles. The van der Waals surface area contributed by atoms with E-state index in [1.807, 2.05) is 12.1 Å². The third kappa shape index (κ3) is 4.68. The van der Waals surface area contributed by atoms with Gasteiger partial charge in [-0.15, -0.1) is 0 Å². The summed E-state index contributed by atoms with van der Waals surface area (Å²) in [5.74, 6) is -0.198. The van der Waals surface area contributed by atoms with Gasteiger partial charge in [0.1, 0.15) is 5.82 Å². The summed E-state index contributed by atoms with van der Waals surface area (Å²) in [5, 5.41) is 0. The molecule has 1 saturated carbocycles. The lowest BCUT2D eigenvalue weighted by atomic mass is 9.74. The fraction of sp³-hybridized carbons (Fsp3) is 0.522. The predicted molar refractivity (Wildman–Crippen MR) is 107 cm³/mol. The van der Waals surface area contributed by atoms with Crippen molar-refractivity contribution < 1.29 is 4.39 Å². The number of nitrogens with zero attached hydrogens (tertiary/aromatic N) is 1. The van der Waals surface area contributed by atoms with Crippen LogP contribution in [0.2, 0.25) is 0 Å². The molecule has 136 valence electrons. The number of aliphatic imine (C=N–C) groups is 1. The first-order valence-electron chi connectivity index (χ1n) is 9.59. The maximum Gasteiger partial charge on any atom is 0.123 e. The van der Waals surface area contributed by atoms with Crippen molar-refractivity contribution >= 4 is 5.71 Å². The van der Waals surface area contributed by atoms with Crippen molar-refractivity contribution in [3.63, 3.8) is 0 Å². The van der Waals surface area contributed by atoms with Crippen LogP contribution in [0.4, 0.5) is 4.39 Å². The van der Waals surface area contributed by atoms with Gasteiger partial charge >= 0.3 is 0 Å². The molecule has 0 aliphatic heterocycles. The van der Waals surface area contributed by atoms with Crippen molar-refractivity contribution in [1.82, 2.24) is 0 Å². The van der Waals surface area contributed by atoms with Crippen LogP contribution in [0.1, 0.15) is 78.7 Å². The van der Waals surface area contributed by atoms with Crippen LogP contribution in [-0.2, 0) is 0 Å². The zero-order valence-electron chi connectivity index (χ0n) is 16.5. The molecular formula is C23H32FN. The predicted octanol–water partition coefficient (Wildman–Crippen LogP) is 7.24. The number of hydrogen-bond acceptors (Lipinski definition) is 1. The van der Waals surface area contributed by atoms with Gasteiger partial charge in [0.05, 0.1) is 0 Å². The molecule has 2 rings (SSSR count). The summed E-state index contributed by atoms with van der Waals surface area (Å²) in [5.41, 5.74) is 6.19. The maximum atomic E-state index is 13.3. The highest BCUT2D eigenvalue weighted by molar-refractivity contribution is 6.01. The number of allylic oxidation sites excluding steroid dienone is 3. The molecule has 0 aromatic heterocycles. The van der Waals surface area contributed by atoms with E-state index >= 15 is 0 Å². The Labute approximate surface area is 152 Å². The minimum absolute atomic E-state index is 0.0675. The Morgan fingerprint density at radius 1 is 1.20 bits per heavy atom. The summed E-state index contributed by atoms with van der Waals surface area (Å²) in [6.07, 6.45) is 9.05. The van der Waals surface area contributed by atoms with Crippen LogP contribution >= 0.6 is 0 Å². The largest absolute Gasteiger partial charge is 0.257 e. The maximum absolute atomic E-state index is 13.3. The Hall–Kier alpha value is -1.70. The van der Waals surface area contributed by atoms with Crippen LogP contribution in [0.3, 0.4) is 0 Å². The molecule has 0 N–H and O–H groups in total. The van der Waals surface area contributed by atoms with E-state index in [0.717, 1.165) is 36.2 Å². The first kappa shape index (κ1) is 19.6. The van der Waals surface area contributed by atoms with Gasteiger partial charge in [0.2, 0.25) is 0 Å². The highest BCUT2D eigenvalue weighted by Crippen LogP contribution is 2.42. The van der Waals surface area contributed by atoms with E-state index in [9.17, 15) is 4.39 Å². The molecule has 0 radical (unpaired) electrons. The number of hydrogen-bond donors (Lipinski definition) is 0. The van der Waals surface area contributed by atoms with Gasteiger partial charge in [-0.1, -0.05) is 56.5 Å². The minimum atomic E-state index is -0.198. The van der Waals surface area contributed by atoms with Gasteiger partial charge in [-0.25, -0.2) is 4.39 Å². The molecule has 0 unspecified atom stereocenters. The normalized spacial score (nSPS) is 16.0. The van der Waals surface area contributed by atoms with E-state index in [4.69, 9.17) is 4.99 Å². The number of rotatable bonds is 7. The first-order valence-corrected chi connectivity index (χ1v) is 9.59. The highest BCUT2D eigenvalue weighted by atomic mass is 19.1. The van der Waals surface area contributed by atoms with Crippen LogP contribution in [-0.4, -0.2) is 5.71 Å². The van der Waals surface area contributed by atoms with E-state index in [2.05, 4.69) is 40.7 Å². The highest BCUT2D eigenvalue weighted by Gasteiger charge is 2.29. The van der Waals surface area contributed by atoms with E-state index in [1.165, 1.54) is 37.0 Å². The molecule has 1 aromatic carbocycles. The van der Waals surface area contributed by atoms with Gasteiger partial charge in [0.25, 0.3) is 0 Å². The fourth-order valence-electron chi connectivity index (χ4n) is 3.32. The van der Waals surface area contributed by atoms with Gasteiger partial charge in [-0.2, -0.15) is 0 Å². The van der Waals surface area contributed by atoms with Crippen LogP contribution in [0, 0.1) is 11.2 Å². The van der Waals surface area contributed by atoms with E-state index in [-0.39, 0.29) is 11.2 Å². The van der Waals surface area contributed by atoms with Gasteiger partial charge in [0.15, 0.2) is 0 Å². The number of halogens is 1. The topological polar surface area (TPSA) is 12.4 Å². The Balaban J connectivity index is 2.39. The van der Waals surface area contributed by atoms with Crippen LogP contribution in [0.15, 0.2) is 52.2 Å². The van der Waals surface area contributed by atoms with Crippen molar-refractivity contribution in [2.75, 3.05) is 0 Å². The van der Waals surface area contributed by atoms with Crippen molar-refractivity contribution in [2.24, 2.45) is 10.4 Å². The molecule has 1 nitrogen and oxygen atoms in total. The van der Waals surface area contributed by atoms with Gasteiger partial charge < -0.3 is 0 Å². The summed E-state index contributed by atoms with van der Waals surface area (Å²) in [6.45, 7) is 11.1. The van der Waals surface area contributed by atoms with Crippen LogP contribution in [0.25, 0.3) is 0 Å². The zero-order valence-corrected chi connectivity index (χ0v) is 16.5. The second kappa shape index (κ2) is 8.60. The molecule has 1 aliphatic rings. The summed E-state index contributed by atoms with van der Waals surface area (Å²) in [6, 6.07) is 6.75. The van der Waals surface area contributed by atoms with Crippen LogP contribution < -0.4 is 0 Å². The van der Waals surface area contributed by atoms with Gasteiger partial charge in [-0.3, -0.25) is 4.99 Å². The number of unbranched alkanes of at least 4 members (excludes halogenated alkanes) is 1. The second-order valence-electron chi connectivity index (χ2n) is 7.55. The van der Waals surface area contributed by atoms with Crippen molar-refractivity contribution in [3.05, 3.63) is 58.6 Å². The molecule has 0 bridgehead atoms. The smallest absolute Gasteiger partial charge is 0.123 e. The van der Waals surface area contributed by atoms with Crippen molar-refractivity contribution in [3.8, 4) is 0 Å². The Kier molecular flexibility index (Phi) is 6.75. The molecule has 0 spiro atoms. The fourth-order valence-corrected chi connectivity index (χ4v) is 3.32. The Morgan fingerprint density at radius 2 is 1.84 bits per heavy atom. The lowest BCUT2D eigenvalue weighted by Gasteiger charge is -2.33. The Morgan fingerprint density at radius 3 is 2.32 bits per heavy atom. The monoisotopic (exact) mass is 341 g/mol. The second-order valence-corrected chi connectivity index (χ2v) is 7.55. The van der Waals surface area contributed by atoms with Crippen molar-refractivity contribution in [2.45, 2.75) is 73.1 Å². The average molecular weight is 342 g/mol. The lowest BCUT2D eigenvalue weighted by molar-refractivity contribution is 0.500. The third-order valence-corrected chi connectivity index (χ3v) is 5.54. The summed E-state index contributed by atoms with van der Waals surface area (Å²) in [4.78, 5) is 5.09.